The number of benzene rings is 1. The maximum atomic E-state index is 11.7. The number of aliphatic hydroxyl groups is 1. The van der Waals surface area contributed by atoms with Gasteiger partial charge in [-0.25, -0.2) is 13.1 Å². The van der Waals surface area contributed by atoms with Crippen LogP contribution in [0.5, 0.6) is 5.75 Å². The molecule has 1 aromatic carbocycles. The van der Waals surface area contributed by atoms with Gasteiger partial charge in [-0.05, 0) is 43.5 Å². The van der Waals surface area contributed by atoms with Crippen molar-refractivity contribution in [3.8, 4) is 5.75 Å². The number of ether oxygens (including phenoxy) is 1. The molecule has 0 saturated heterocycles. The lowest BCUT2D eigenvalue weighted by Crippen LogP contribution is -2.48. The highest BCUT2D eigenvalue weighted by Gasteiger charge is 2.35. The van der Waals surface area contributed by atoms with Gasteiger partial charge in [0.2, 0.25) is 10.0 Å². The average Bonchev–Trinajstić information content (AvgIpc) is 2.36. The second kappa shape index (κ2) is 5.99. The Bertz CT molecular complexity index is 538. The minimum Gasteiger partial charge on any atom is -0.492 e. The van der Waals surface area contributed by atoms with Crippen LogP contribution in [0.2, 0.25) is 0 Å². The largest absolute Gasteiger partial charge is 0.492 e. The van der Waals surface area contributed by atoms with Gasteiger partial charge in [-0.3, -0.25) is 0 Å². The van der Waals surface area contributed by atoms with Crippen molar-refractivity contribution in [2.24, 2.45) is 0 Å². The SMILES string of the molecule is Nc1ccc(OCCS(=O)(=O)NCC2(O)CCC2)cc1. The van der Waals surface area contributed by atoms with Crippen molar-refractivity contribution in [1.29, 1.82) is 0 Å². The first kappa shape index (κ1) is 15.1. The summed E-state index contributed by atoms with van der Waals surface area (Å²) in [6, 6.07) is 6.75. The number of nitrogen functional groups attached to an aromatic ring is 1. The summed E-state index contributed by atoms with van der Waals surface area (Å²) in [4.78, 5) is 0. The fraction of sp³-hybridized carbons (Fsp3) is 0.538. The normalized spacial score (nSPS) is 17.4. The summed E-state index contributed by atoms with van der Waals surface area (Å²) in [5, 5.41) is 9.83. The molecule has 0 heterocycles. The van der Waals surface area contributed by atoms with Crippen molar-refractivity contribution in [2.45, 2.75) is 24.9 Å². The predicted octanol–water partition coefficient (Wildman–Crippen LogP) is 0.482. The van der Waals surface area contributed by atoms with Crippen LogP contribution in [0.1, 0.15) is 19.3 Å². The third-order valence-corrected chi connectivity index (χ3v) is 4.69. The first-order valence-corrected chi connectivity index (χ1v) is 8.22. The Kier molecular flexibility index (Phi) is 4.52. The van der Waals surface area contributed by atoms with E-state index in [0.717, 1.165) is 6.42 Å². The molecule has 20 heavy (non-hydrogen) atoms. The van der Waals surface area contributed by atoms with Gasteiger partial charge in [0.25, 0.3) is 0 Å². The maximum absolute atomic E-state index is 11.7. The summed E-state index contributed by atoms with van der Waals surface area (Å²) in [5.41, 5.74) is 5.31. The first-order valence-electron chi connectivity index (χ1n) is 6.57. The number of rotatable bonds is 7. The molecule has 1 aliphatic carbocycles. The first-order chi connectivity index (χ1) is 9.39. The molecule has 0 radical (unpaired) electrons. The molecule has 6 nitrogen and oxygen atoms in total. The smallest absolute Gasteiger partial charge is 0.215 e. The van der Waals surface area contributed by atoms with Gasteiger partial charge >= 0.3 is 0 Å². The zero-order valence-electron chi connectivity index (χ0n) is 11.2. The molecule has 0 unspecified atom stereocenters. The van der Waals surface area contributed by atoms with Crippen molar-refractivity contribution in [1.82, 2.24) is 4.72 Å². The third-order valence-electron chi connectivity index (χ3n) is 3.41. The van der Waals surface area contributed by atoms with E-state index in [-0.39, 0.29) is 18.9 Å². The monoisotopic (exact) mass is 300 g/mol. The van der Waals surface area contributed by atoms with Crippen LogP contribution in [0.25, 0.3) is 0 Å². The van der Waals surface area contributed by atoms with E-state index in [1.54, 1.807) is 24.3 Å². The summed E-state index contributed by atoms with van der Waals surface area (Å²) in [6.07, 6.45) is 2.24. The molecule has 1 aliphatic rings. The number of nitrogens with one attached hydrogen (secondary N) is 1. The molecular weight excluding hydrogens is 280 g/mol. The molecule has 0 aromatic heterocycles. The maximum Gasteiger partial charge on any atom is 0.215 e. The highest BCUT2D eigenvalue weighted by atomic mass is 32.2. The van der Waals surface area contributed by atoms with Crippen LogP contribution in [0, 0.1) is 0 Å². The lowest BCUT2D eigenvalue weighted by Gasteiger charge is -2.36. The van der Waals surface area contributed by atoms with Crippen LogP contribution in [-0.4, -0.2) is 38.0 Å². The zero-order chi connectivity index (χ0) is 14.6. The minimum atomic E-state index is -3.43. The van der Waals surface area contributed by atoms with Crippen molar-refractivity contribution in [3.05, 3.63) is 24.3 Å². The Morgan fingerprint density at radius 3 is 2.50 bits per heavy atom. The van der Waals surface area contributed by atoms with Gasteiger partial charge < -0.3 is 15.6 Å². The lowest BCUT2D eigenvalue weighted by molar-refractivity contribution is -0.0271. The molecule has 0 atom stereocenters. The third kappa shape index (κ3) is 4.36. The van der Waals surface area contributed by atoms with E-state index in [0.29, 0.717) is 24.3 Å². The van der Waals surface area contributed by atoms with Crippen LogP contribution in [0.3, 0.4) is 0 Å². The summed E-state index contributed by atoms with van der Waals surface area (Å²) >= 11 is 0. The average molecular weight is 300 g/mol. The lowest BCUT2D eigenvalue weighted by atomic mass is 9.81. The highest BCUT2D eigenvalue weighted by molar-refractivity contribution is 7.89. The van der Waals surface area contributed by atoms with Gasteiger partial charge in [0.1, 0.15) is 12.4 Å². The van der Waals surface area contributed by atoms with Gasteiger partial charge in [0.15, 0.2) is 0 Å². The van der Waals surface area contributed by atoms with Gasteiger partial charge in [-0.2, -0.15) is 0 Å². The molecule has 112 valence electrons. The Morgan fingerprint density at radius 2 is 1.95 bits per heavy atom. The van der Waals surface area contributed by atoms with Crippen molar-refractivity contribution in [2.75, 3.05) is 24.6 Å². The molecule has 0 spiro atoms. The van der Waals surface area contributed by atoms with Crippen LogP contribution in [-0.2, 0) is 10.0 Å². The Hall–Kier alpha value is -1.31. The van der Waals surface area contributed by atoms with E-state index in [2.05, 4.69) is 4.72 Å². The van der Waals surface area contributed by atoms with Crippen LogP contribution in [0.15, 0.2) is 24.3 Å². The number of sulfonamides is 1. The molecule has 1 saturated carbocycles. The predicted molar refractivity (Wildman–Crippen MR) is 76.9 cm³/mol. The van der Waals surface area contributed by atoms with Gasteiger partial charge in [-0.15, -0.1) is 0 Å². The van der Waals surface area contributed by atoms with E-state index >= 15 is 0 Å². The molecule has 7 heteroatoms. The number of anilines is 1. The van der Waals surface area contributed by atoms with Crippen LogP contribution >= 0.6 is 0 Å². The summed E-state index contributed by atoms with van der Waals surface area (Å²) in [5.74, 6) is 0.431. The summed E-state index contributed by atoms with van der Waals surface area (Å²) in [6.45, 7) is 0.134. The molecule has 0 aliphatic heterocycles. The van der Waals surface area contributed by atoms with Crippen molar-refractivity contribution >= 4 is 15.7 Å². The standard InChI is InChI=1S/C13H20N2O4S/c14-11-2-4-12(5-3-11)19-8-9-20(17,18)15-10-13(16)6-1-7-13/h2-5,15-16H,1,6-10,14H2. The van der Waals surface area contributed by atoms with E-state index < -0.39 is 15.6 Å². The van der Waals surface area contributed by atoms with Crippen molar-refractivity contribution in [3.63, 3.8) is 0 Å². The van der Waals surface area contributed by atoms with Crippen molar-refractivity contribution < 1.29 is 18.3 Å². The fourth-order valence-electron chi connectivity index (χ4n) is 1.91. The van der Waals surface area contributed by atoms with Gasteiger partial charge in [0.05, 0.1) is 11.4 Å². The minimum absolute atomic E-state index is 0.0533. The number of hydrogen-bond acceptors (Lipinski definition) is 5. The molecule has 1 aromatic rings. The summed E-state index contributed by atoms with van der Waals surface area (Å²) in [7, 11) is -3.43. The molecule has 4 N–H and O–H groups in total. The van der Waals surface area contributed by atoms with E-state index in [9.17, 15) is 13.5 Å². The quantitative estimate of drug-likeness (QED) is 0.636. The second-order valence-corrected chi connectivity index (χ2v) is 7.06. The Labute approximate surface area is 119 Å². The number of nitrogens with two attached hydrogens (primary N) is 1. The summed E-state index contributed by atoms with van der Waals surface area (Å²) < 4.78 is 31.2. The highest BCUT2D eigenvalue weighted by Crippen LogP contribution is 2.30. The zero-order valence-corrected chi connectivity index (χ0v) is 12.0. The van der Waals surface area contributed by atoms with E-state index in [1.165, 1.54) is 0 Å². The molecule has 0 amide bonds. The molecule has 2 rings (SSSR count). The van der Waals surface area contributed by atoms with E-state index in [1.807, 2.05) is 0 Å². The van der Waals surface area contributed by atoms with Gasteiger partial charge in [-0.1, -0.05) is 0 Å². The van der Waals surface area contributed by atoms with Crippen LogP contribution < -0.4 is 15.2 Å². The van der Waals surface area contributed by atoms with Gasteiger partial charge in [0, 0.05) is 12.2 Å². The Balaban J connectivity index is 1.73. The topological polar surface area (TPSA) is 102 Å². The fourth-order valence-corrected chi connectivity index (χ4v) is 2.85. The molecular formula is C13H20N2O4S. The Morgan fingerprint density at radius 1 is 1.30 bits per heavy atom. The molecule has 0 bridgehead atoms. The van der Waals surface area contributed by atoms with E-state index in [4.69, 9.17) is 10.5 Å². The number of hydrogen-bond donors (Lipinski definition) is 3. The molecule has 1 fully saturated rings. The second-order valence-electron chi connectivity index (χ2n) is 5.14. The van der Waals surface area contributed by atoms with Crippen LogP contribution in [0.4, 0.5) is 5.69 Å².